The SMILES string of the molecule is O=C1CC(NCCCN2CCCC2)CN1. The highest BCUT2D eigenvalue weighted by molar-refractivity contribution is 5.78. The molecule has 0 spiro atoms. The topological polar surface area (TPSA) is 44.4 Å². The van der Waals surface area contributed by atoms with Crippen molar-refractivity contribution >= 4 is 5.91 Å². The van der Waals surface area contributed by atoms with E-state index in [1.165, 1.54) is 38.9 Å². The molecular weight excluding hydrogens is 190 g/mol. The Balaban J connectivity index is 1.49. The average molecular weight is 211 g/mol. The van der Waals surface area contributed by atoms with Gasteiger partial charge in [0.2, 0.25) is 5.91 Å². The van der Waals surface area contributed by atoms with Crippen molar-refractivity contribution < 1.29 is 4.79 Å². The summed E-state index contributed by atoms with van der Waals surface area (Å²) in [4.78, 5) is 13.5. The number of amides is 1. The molecule has 0 radical (unpaired) electrons. The number of nitrogens with zero attached hydrogens (tertiary/aromatic N) is 1. The van der Waals surface area contributed by atoms with Crippen LogP contribution in [-0.2, 0) is 4.79 Å². The Morgan fingerprint density at radius 2 is 2.20 bits per heavy atom. The lowest BCUT2D eigenvalue weighted by atomic mass is 10.2. The van der Waals surface area contributed by atoms with Crippen LogP contribution in [-0.4, -0.2) is 49.6 Å². The minimum absolute atomic E-state index is 0.187. The van der Waals surface area contributed by atoms with Gasteiger partial charge in [0.1, 0.15) is 0 Å². The van der Waals surface area contributed by atoms with Crippen LogP contribution >= 0.6 is 0 Å². The lowest BCUT2D eigenvalue weighted by Gasteiger charge is -2.15. The molecule has 2 aliphatic rings. The largest absolute Gasteiger partial charge is 0.354 e. The summed E-state index contributed by atoms with van der Waals surface area (Å²) < 4.78 is 0. The van der Waals surface area contributed by atoms with E-state index in [0.29, 0.717) is 12.5 Å². The third-order valence-electron chi connectivity index (χ3n) is 3.26. The van der Waals surface area contributed by atoms with Crippen LogP contribution in [0.2, 0.25) is 0 Å². The van der Waals surface area contributed by atoms with Crippen LogP contribution in [0.4, 0.5) is 0 Å². The first-order chi connectivity index (χ1) is 7.34. The van der Waals surface area contributed by atoms with E-state index < -0.39 is 0 Å². The molecule has 0 aromatic heterocycles. The zero-order valence-corrected chi connectivity index (χ0v) is 9.30. The van der Waals surface area contributed by atoms with Crippen LogP contribution in [0.5, 0.6) is 0 Å². The van der Waals surface area contributed by atoms with E-state index >= 15 is 0 Å². The second-order valence-electron chi connectivity index (χ2n) is 4.56. The van der Waals surface area contributed by atoms with Gasteiger partial charge in [-0.15, -0.1) is 0 Å². The number of rotatable bonds is 5. The van der Waals surface area contributed by atoms with Gasteiger partial charge in [0.25, 0.3) is 0 Å². The normalized spacial score (nSPS) is 27.2. The summed E-state index contributed by atoms with van der Waals surface area (Å²) in [5, 5.41) is 6.27. The van der Waals surface area contributed by atoms with Crippen molar-refractivity contribution in [3.8, 4) is 0 Å². The first-order valence-corrected chi connectivity index (χ1v) is 6.07. The molecule has 2 heterocycles. The maximum atomic E-state index is 10.9. The summed E-state index contributed by atoms with van der Waals surface area (Å²) in [6, 6.07) is 0.371. The predicted molar refractivity (Wildman–Crippen MR) is 59.7 cm³/mol. The molecule has 2 rings (SSSR count). The molecule has 0 aromatic carbocycles. The fourth-order valence-corrected chi connectivity index (χ4v) is 2.36. The lowest BCUT2D eigenvalue weighted by molar-refractivity contribution is -0.119. The van der Waals surface area contributed by atoms with Gasteiger partial charge in [0, 0.05) is 19.0 Å². The highest BCUT2D eigenvalue weighted by Gasteiger charge is 2.20. The molecule has 0 saturated carbocycles. The van der Waals surface area contributed by atoms with Crippen LogP contribution < -0.4 is 10.6 Å². The molecule has 4 heteroatoms. The van der Waals surface area contributed by atoms with E-state index in [0.717, 1.165) is 13.1 Å². The van der Waals surface area contributed by atoms with E-state index in [1.54, 1.807) is 0 Å². The van der Waals surface area contributed by atoms with Crippen molar-refractivity contribution in [3.05, 3.63) is 0 Å². The fourth-order valence-electron chi connectivity index (χ4n) is 2.36. The minimum atomic E-state index is 0.187. The maximum absolute atomic E-state index is 10.9. The van der Waals surface area contributed by atoms with Gasteiger partial charge >= 0.3 is 0 Å². The van der Waals surface area contributed by atoms with E-state index in [4.69, 9.17) is 0 Å². The molecule has 15 heavy (non-hydrogen) atoms. The highest BCUT2D eigenvalue weighted by Crippen LogP contribution is 2.07. The monoisotopic (exact) mass is 211 g/mol. The summed E-state index contributed by atoms with van der Waals surface area (Å²) in [6.07, 6.45) is 4.59. The molecule has 0 aliphatic carbocycles. The van der Waals surface area contributed by atoms with Gasteiger partial charge in [-0.25, -0.2) is 0 Å². The highest BCUT2D eigenvalue weighted by atomic mass is 16.1. The van der Waals surface area contributed by atoms with Crippen LogP contribution in [0, 0.1) is 0 Å². The first-order valence-electron chi connectivity index (χ1n) is 6.07. The summed E-state index contributed by atoms with van der Waals surface area (Å²) in [5.74, 6) is 0.187. The molecule has 2 N–H and O–H groups in total. The van der Waals surface area contributed by atoms with Crippen molar-refractivity contribution in [1.29, 1.82) is 0 Å². The van der Waals surface area contributed by atoms with Crippen LogP contribution in [0.15, 0.2) is 0 Å². The molecule has 1 atom stereocenters. The van der Waals surface area contributed by atoms with Crippen molar-refractivity contribution in [2.24, 2.45) is 0 Å². The number of carbonyl (C=O) groups is 1. The number of carbonyl (C=O) groups excluding carboxylic acids is 1. The molecule has 4 nitrogen and oxygen atoms in total. The zero-order chi connectivity index (χ0) is 10.5. The molecule has 86 valence electrons. The van der Waals surface area contributed by atoms with Crippen molar-refractivity contribution in [2.45, 2.75) is 31.7 Å². The standard InChI is InChI=1S/C11H21N3O/c15-11-8-10(9-13-11)12-4-3-7-14-5-1-2-6-14/h10,12H,1-9H2,(H,13,15). The van der Waals surface area contributed by atoms with E-state index in [1.807, 2.05) is 0 Å². The third-order valence-corrected chi connectivity index (χ3v) is 3.26. The molecule has 0 aromatic rings. The Bertz CT molecular complexity index is 214. The van der Waals surface area contributed by atoms with Gasteiger partial charge in [0.15, 0.2) is 0 Å². The van der Waals surface area contributed by atoms with Gasteiger partial charge < -0.3 is 15.5 Å². The summed E-state index contributed by atoms with van der Waals surface area (Å²) in [6.45, 7) is 5.62. The van der Waals surface area contributed by atoms with Gasteiger partial charge in [-0.1, -0.05) is 0 Å². The van der Waals surface area contributed by atoms with Gasteiger partial charge in [-0.2, -0.15) is 0 Å². The maximum Gasteiger partial charge on any atom is 0.221 e. The molecular formula is C11H21N3O. The average Bonchev–Trinajstić information content (AvgIpc) is 2.84. The van der Waals surface area contributed by atoms with Crippen molar-refractivity contribution in [1.82, 2.24) is 15.5 Å². The summed E-state index contributed by atoms with van der Waals surface area (Å²) >= 11 is 0. The van der Waals surface area contributed by atoms with Crippen LogP contribution in [0.1, 0.15) is 25.7 Å². The lowest BCUT2D eigenvalue weighted by Crippen LogP contribution is -2.33. The predicted octanol–water partition coefficient (Wildman–Crippen LogP) is -0.0496. The summed E-state index contributed by atoms with van der Waals surface area (Å²) in [5.41, 5.74) is 0. The quantitative estimate of drug-likeness (QED) is 0.627. The smallest absolute Gasteiger partial charge is 0.221 e. The molecule has 2 saturated heterocycles. The van der Waals surface area contributed by atoms with E-state index in [-0.39, 0.29) is 5.91 Å². The minimum Gasteiger partial charge on any atom is -0.354 e. The van der Waals surface area contributed by atoms with Gasteiger partial charge in [-0.05, 0) is 45.4 Å². The van der Waals surface area contributed by atoms with Crippen LogP contribution in [0.3, 0.4) is 0 Å². The van der Waals surface area contributed by atoms with Gasteiger partial charge in [-0.3, -0.25) is 4.79 Å². The second kappa shape index (κ2) is 5.47. The zero-order valence-electron chi connectivity index (χ0n) is 9.30. The van der Waals surface area contributed by atoms with E-state index in [9.17, 15) is 4.79 Å². The Hall–Kier alpha value is -0.610. The van der Waals surface area contributed by atoms with Crippen molar-refractivity contribution in [3.63, 3.8) is 0 Å². The Morgan fingerprint density at radius 1 is 1.40 bits per heavy atom. The van der Waals surface area contributed by atoms with Crippen molar-refractivity contribution in [2.75, 3.05) is 32.7 Å². The Labute approximate surface area is 91.4 Å². The second-order valence-corrected chi connectivity index (χ2v) is 4.56. The number of hydrogen-bond donors (Lipinski definition) is 2. The number of likely N-dealkylation sites (tertiary alicyclic amines) is 1. The van der Waals surface area contributed by atoms with E-state index in [2.05, 4.69) is 15.5 Å². The first kappa shape index (κ1) is 10.9. The number of nitrogens with one attached hydrogen (secondary N) is 2. The summed E-state index contributed by atoms with van der Waals surface area (Å²) in [7, 11) is 0. The Morgan fingerprint density at radius 3 is 2.87 bits per heavy atom. The fraction of sp³-hybridized carbons (Fsp3) is 0.909. The molecule has 1 amide bonds. The Kier molecular flexibility index (Phi) is 3.97. The molecule has 1 unspecified atom stereocenters. The number of hydrogen-bond acceptors (Lipinski definition) is 3. The third kappa shape index (κ3) is 3.47. The van der Waals surface area contributed by atoms with Gasteiger partial charge in [0.05, 0.1) is 0 Å². The molecule has 2 aliphatic heterocycles. The van der Waals surface area contributed by atoms with Crippen LogP contribution in [0.25, 0.3) is 0 Å². The molecule has 0 bridgehead atoms. The molecule has 2 fully saturated rings.